The number of nitrogens with zero attached hydrogens (tertiary/aromatic N) is 2. The molecule has 1 fully saturated rings. The Labute approximate surface area is 219 Å². The third-order valence-electron chi connectivity index (χ3n) is 6.32. The molecule has 4 rings (SSSR count). The number of imide groups is 1. The lowest BCUT2D eigenvalue weighted by atomic mass is 10.0. The summed E-state index contributed by atoms with van der Waals surface area (Å²) in [6.07, 6.45) is -0.360. The highest BCUT2D eigenvalue weighted by molar-refractivity contribution is 8.00. The Kier molecular flexibility index (Phi) is 7.53. The number of β-lactam (4-membered cyclic amide) rings is 1. The lowest BCUT2D eigenvalue weighted by Crippen LogP contribution is -2.70. The van der Waals surface area contributed by atoms with Crippen molar-refractivity contribution in [2.75, 3.05) is 12.4 Å². The van der Waals surface area contributed by atoms with E-state index in [-0.39, 0.29) is 54.0 Å². The normalized spacial score (nSPS) is 20.9. The Hall–Kier alpha value is -4.20. The molecule has 3 aliphatic rings. The Morgan fingerprint density at radius 2 is 1.74 bits per heavy atom. The maximum atomic E-state index is 12.7. The molecule has 1 aromatic carbocycles. The molecular weight excluding hydrogens is 522 g/mol. The van der Waals surface area contributed by atoms with Gasteiger partial charge in [0.25, 0.3) is 17.7 Å². The van der Waals surface area contributed by atoms with Gasteiger partial charge in [-0.3, -0.25) is 33.8 Å². The van der Waals surface area contributed by atoms with E-state index in [0.717, 1.165) is 4.90 Å². The third kappa shape index (κ3) is 4.86. The van der Waals surface area contributed by atoms with E-state index in [1.165, 1.54) is 30.8 Å². The number of carboxylic acid groups (broad SMARTS) is 2. The number of esters is 1. The van der Waals surface area contributed by atoms with Gasteiger partial charge in [0.2, 0.25) is 5.91 Å². The number of carbonyl (C=O) groups is 7. The van der Waals surface area contributed by atoms with Crippen molar-refractivity contribution in [3.8, 4) is 0 Å². The number of carbonyl (C=O) groups excluding carboxylic acids is 5. The fourth-order valence-electron chi connectivity index (χ4n) is 4.54. The standard InChI is InChI=1S/C24H23N3O10S/c1-11(28)37-9-12-10-38-22-17(21(32)27(22)18(12)24(35)36)25-16(29)8-4-7-15(23(33)34)26-19(30)13-5-2-3-6-14(13)20(26)31/h2-3,5-6,15,17,22H,4,7-10H2,1H3,(H,25,29)(H,33,34)(H,35,36)/t15?,17?,22-/m0/s1. The van der Waals surface area contributed by atoms with Crippen LogP contribution in [0.25, 0.3) is 0 Å². The summed E-state index contributed by atoms with van der Waals surface area (Å²) in [6.45, 7) is 0.911. The smallest absolute Gasteiger partial charge is 0.352 e. The zero-order valence-corrected chi connectivity index (χ0v) is 20.9. The minimum Gasteiger partial charge on any atom is -0.480 e. The number of amides is 4. The highest BCUT2D eigenvalue weighted by Gasteiger charge is 2.54. The molecule has 0 aromatic heterocycles. The van der Waals surface area contributed by atoms with Gasteiger partial charge in [0.1, 0.15) is 29.8 Å². The topological polar surface area (TPSA) is 188 Å². The number of hydrogen-bond acceptors (Lipinski definition) is 9. The van der Waals surface area contributed by atoms with Crippen LogP contribution >= 0.6 is 11.8 Å². The van der Waals surface area contributed by atoms with Gasteiger partial charge in [-0.25, -0.2) is 9.59 Å². The van der Waals surface area contributed by atoms with E-state index < -0.39 is 59.0 Å². The predicted molar refractivity (Wildman–Crippen MR) is 129 cm³/mol. The van der Waals surface area contributed by atoms with Crippen molar-refractivity contribution < 1.29 is 48.5 Å². The van der Waals surface area contributed by atoms with Crippen LogP contribution in [0.5, 0.6) is 0 Å². The summed E-state index contributed by atoms with van der Waals surface area (Å²) in [4.78, 5) is 86.9. The molecule has 38 heavy (non-hydrogen) atoms. The number of nitrogens with one attached hydrogen (secondary N) is 1. The summed E-state index contributed by atoms with van der Waals surface area (Å²) in [7, 11) is 0. The van der Waals surface area contributed by atoms with Gasteiger partial charge in [0.15, 0.2) is 0 Å². The molecule has 3 heterocycles. The fraction of sp³-hybridized carbons (Fsp3) is 0.375. The molecule has 0 bridgehead atoms. The summed E-state index contributed by atoms with van der Waals surface area (Å²) in [5.74, 6) is -5.80. The highest BCUT2D eigenvalue weighted by Crippen LogP contribution is 2.40. The summed E-state index contributed by atoms with van der Waals surface area (Å²) >= 11 is 1.21. The molecule has 13 nitrogen and oxygen atoms in total. The molecule has 2 unspecified atom stereocenters. The van der Waals surface area contributed by atoms with Gasteiger partial charge in [0.05, 0.1) is 11.1 Å². The van der Waals surface area contributed by atoms with Gasteiger partial charge < -0.3 is 20.3 Å². The number of hydrogen-bond donors (Lipinski definition) is 3. The molecule has 3 aliphatic heterocycles. The highest BCUT2D eigenvalue weighted by atomic mass is 32.2. The number of thioether (sulfide) groups is 1. The maximum absolute atomic E-state index is 12.7. The minimum absolute atomic E-state index is 0.00541. The van der Waals surface area contributed by atoms with E-state index in [1.54, 1.807) is 12.1 Å². The summed E-state index contributed by atoms with van der Waals surface area (Å²) in [6, 6.07) is 3.56. The SMILES string of the molecule is CC(=O)OCC1=C(C(=O)O)N2C(=O)C(NC(=O)CCCC(C(=O)O)N3C(=O)c4ccccc4C3=O)[C@@H]2SC1. The van der Waals surface area contributed by atoms with Gasteiger partial charge in [-0.15, -0.1) is 11.8 Å². The van der Waals surface area contributed by atoms with Crippen molar-refractivity contribution in [2.24, 2.45) is 0 Å². The van der Waals surface area contributed by atoms with Crippen LogP contribution in [0.4, 0.5) is 0 Å². The van der Waals surface area contributed by atoms with Crippen molar-refractivity contribution in [3.05, 3.63) is 46.7 Å². The molecule has 1 saturated heterocycles. The number of rotatable bonds is 10. The number of fused-ring (bicyclic) bond motifs is 2. The molecular formula is C24H23N3O10S. The third-order valence-corrected chi connectivity index (χ3v) is 7.66. The Bertz CT molecular complexity index is 1260. The lowest BCUT2D eigenvalue weighted by Gasteiger charge is -2.49. The Balaban J connectivity index is 1.34. The first-order chi connectivity index (χ1) is 18.0. The monoisotopic (exact) mass is 545 g/mol. The van der Waals surface area contributed by atoms with Crippen LogP contribution in [0, 0.1) is 0 Å². The van der Waals surface area contributed by atoms with Gasteiger partial charge in [-0.2, -0.15) is 0 Å². The van der Waals surface area contributed by atoms with Gasteiger partial charge in [-0.05, 0) is 25.0 Å². The first-order valence-corrected chi connectivity index (χ1v) is 12.6. The van der Waals surface area contributed by atoms with Crippen LogP contribution in [0.3, 0.4) is 0 Å². The van der Waals surface area contributed by atoms with Crippen LogP contribution in [-0.2, 0) is 28.7 Å². The molecule has 14 heteroatoms. The van der Waals surface area contributed by atoms with E-state index in [0.29, 0.717) is 4.90 Å². The molecule has 0 spiro atoms. The molecule has 0 radical (unpaired) electrons. The molecule has 3 N–H and O–H groups in total. The molecule has 4 amide bonds. The van der Waals surface area contributed by atoms with Gasteiger partial charge in [0, 0.05) is 24.7 Å². The summed E-state index contributed by atoms with van der Waals surface area (Å²) in [5.41, 5.74) is 0.214. The average molecular weight is 546 g/mol. The van der Waals surface area contributed by atoms with Gasteiger partial charge >= 0.3 is 17.9 Å². The molecule has 3 atom stereocenters. The zero-order valence-electron chi connectivity index (χ0n) is 20.0. The second-order valence-electron chi connectivity index (χ2n) is 8.76. The first kappa shape index (κ1) is 26.9. The maximum Gasteiger partial charge on any atom is 0.352 e. The van der Waals surface area contributed by atoms with Crippen molar-refractivity contribution >= 4 is 53.3 Å². The van der Waals surface area contributed by atoms with Crippen LogP contribution in [0.1, 0.15) is 46.9 Å². The predicted octanol–water partition coefficient (Wildman–Crippen LogP) is 0.208. The molecule has 0 aliphatic carbocycles. The number of ether oxygens (including phenoxy) is 1. The minimum atomic E-state index is -1.47. The van der Waals surface area contributed by atoms with E-state index in [9.17, 15) is 43.8 Å². The van der Waals surface area contributed by atoms with Crippen LogP contribution in [0.15, 0.2) is 35.5 Å². The quantitative estimate of drug-likeness (QED) is 0.207. The van der Waals surface area contributed by atoms with E-state index >= 15 is 0 Å². The van der Waals surface area contributed by atoms with Crippen molar-refractivity contribution in [2.45, 2.75) is 43.6 Å². The average Bonchev–Trinajstić information content (AvgIpc) is 3.12. The van der Waals surface area contributed by atoms with Crippen LogP contribution in [0.2, 0.25) is 0 Å². The fourth-order valence-corrected chi connectivity index (χ4v) is 5.87. The number of benzene rings is 1. The van der Waals surface area contributed by atoms with Gasteiger partial charge in [-0.1, -0.05) is 12.1 Å². The second-order valence-corrected chi connectivity index (χ2v) is 9.87. The van der Waals surface area contributed by atoms with Crippen LogP contribution < -0.4 is 5.32 Å². The molecule has 1 aromatic rings. The number of carboxylic acids is 2. The summed E-state index contributed by atoms with van der Waals surface area (Å²) in [5, 5.41) is 21.1. The molecule has 200 valence electrons. The Morgan fingerprint density at radius 1 is 1.11 bits per heavy atom. The Morgan fingerprint density at radius 3 is 2.29 bits per heavy atom. The zero-order chi connectivity index (χ0) is 27.7. The largest absolute Gasteiger partial charge is 0.480 e. The second kappa shape index (κ2) is 10.7. The molecule has 0 saturated carbocycles. The van der Waals surface area contributed by atoms with E-state index in [4.69, 9.17) is 4.74 Å². The number of aliphatic carboxylic acids is 2. The van der Waals surface area contributed by atoms with E-state index in [1.807, 2.05) is 0 Å². The van der Waals surface area contributed by atoms with Crippen LogP contribution in [-0.4, -0.2) is 91.4 Å². The first-order valence-electron chi connectivity index (χ1n) is 11.5. The van der Waals surface area contributed by atoms with E-state index in [2.05, 4.69) is 5.32 Å². The van der Waals surface area contributed by atoms with Crippen molar-refractivity contribution in [1.82, 2.24) is 15.1 Å². The summed E-state index contributed by atoms with van der Waals surface area (Å²) < 4.78 is 4.88. The van der Waals surface area contributed by atoms with Crippen molar-refractivity contribution in [1.29, 1.82) is 0 Å². The van der Waals surface area contributed by atoms with Crippen molar-refractivity contribution in [3.63, 3.8) is 0 Å². The lowest BCUT2D eigenvalue weighted by molar-refractivity contribution is -0.151.